The van der Waals surface area contributed by atoms with Crippen LogP contribution in [0.1, 0.15) is 17.5 Å². The van der Waals surface area contributed by atoms with Crippen LogP contribution in [0.25, 0.3) is 11.1 Å². The Kier molecular flexibility index (Phi) is 4.04. The second kappa shape index (κ2) is 6.28. The molecule has 0 aliphatic carbocycles. The molecular weight excluding hydrogens is 354 g/mol. The van der Waals surface area contributed by atoms with E-state index >= 15 is 8.78 Å². The highest BCUT2D eigenvalue weighted by Crippen LogP contribution is 2.51. The van der Waals surface area contributed by atoms with Gasteiger partial charge in [-0.2, -0.15) is 5.26 Å². The van der Waals surface area contributed by atoms with Crippen molar-refractivity contribution in [1.82, 2.24) is 4.98 Å². The molecular formula is C19H16F2N4O2. The Morgan fingerprint density at radius 1 is 1.19 bits per heavy atom. The van der Waals surface area contributed by atoms with Gasteiger partial charge < -0.3 is 15.2 Å². The first-order valence-corrected chi connectivity index (χ1v) is 8.38. The number of nitrogens with two attached hydrogens (primary N) is 1. The fraction of sp³-hybridized carbons (Fsp3) is 0.316. The Hall–Kier alpha value is -3.05. The van der Waals surface area contributed by atoms with Gasteiger partial charge in [0.15, 0.2) is 5.54 Å². The van der Waals surface area contributed by atoms with Gasteiger partial charge in [-0.1, -0.05) is 6.07 Å². The molecule has 0 saturated carbocycles. The minimum absolute atomic E-state index is 0.0169. The number of nitrogens with zero attached hydrogens (tertiary/aromatic N) is 3. The molecule has 2 aromatic rings. The molecule has 4 rings (SSSR count). The monoisotopic (exact) mass is 370 g/mol. The molecule has 2 aliphatic heterocycles. The number of pyridine rings is 1. The van der Waals surface area contributed by atoms with Gasteiger partial charge in [-0.3, -0.25) is 9.98 Å². The van der Waals surface area contributed by atoms with Crippen molar-refractivity contribution >= 4 is 5.84 Å². The van der Waals surface area contributed by atoms with Crippen LogP contribution in [0.5, 0.6) is 5.75 Å². The topological polar surface area (TPSA) is 93.5 Å². The van der Waals surface area contributed by atoms with Crippen molar-refractivity contribution in [1.29, 1.82) is 5.26 Å². The van der Waals surface area contributed by atoms with Gasteiger partial charge in [0.25, 0.3) is 5.92 Å². The van der Waals surface area contributed by atoms with Gasteiger partial charge in [0.05, 0.1) is 12.2 Å². The van der Waals surface area contributed by atoms with E-state index in [4.69, 9.17) is 20.5 Å². The van der Waals surface area contributed by atoms with E-state index in [0.29, 0.717) is 22.4 Å². The third kappa shape index (κ3) is 2.80. The Morgan fingerprint density at radius 3 is 2.85 bits per heavy atom. The summed E-state index contributed by atoms with van der Waals surface area (Å²) in [5.74, 6) is -2.89. The number of aromatic nitrogens is 1. The molecule has 3 heterocycles. The van der Waals surface area contributed by atoms with Crippen LogP contribution < -0.4 is 10.5 Å². The van der Waals surface area contributed by atoms with Crippen LogP contribution in [0, 0.1) is 11.3 Å². The quantitative estimate of drug-likeness (QED) is 0.833. The van der Waals surface area contributed by atoms with Crippen molar-refractivity contribution in [2.75, 3.05) is 19.8 Å². The molecule has 0 fully saturated rings. The second-order valence-corrected chi connectivity index (χ2v) is 6.54. The first kappa shape index (κ1) is 17.4. The van der Waals surface area contributed by atoms with Crippen LogP contribution >= 0.6 is 0 Å². The maximum absolute atomic E-state index is 15.1. The average molecular weight is 370 g/mol. The number of benzene rings is 1. The lowest BCUT2D eigenvalue weighted by Crippen LogP contribution is -2.49. The number of hydrogen-bond acceptors (Lipinski definition) is 6. The predicted molar refractivity (Wildman–Crippen MR) is 93.6 cm³/mol. The van der Waals surface area contributed by atoms with Gasteiger partial charge in [0, 0.05) is 29.9 Å². The minimum Gasteiger partial charge on any atom is -0.493 e. The summed E-state index contributed by atoms with van der Waals surface area (Å²) < 4.78 is 40.8. The SMILES string of the molecule is N#Cc1cncc(-c2ccc3c(c2)[C@@]2(CCO3)N=C(N)COCC2(F)F)c1. The van der Waals surface area contributed by atoms with Crippen molar-refractivity contribution < 1.29 is 18.3 Å². The summed E-state index contributed by atoms with van der Waals surface area (Å²) in [4.78, 5) is 8.24. The lowest BCUT2D eigenvalue weighted by molar-refractivity contribution is -0.129. The molecule has 1 atom stereocenters. The van der Waals surface area contributed by atoms with Gasteiger partial charge in [0.1, 0.15) is 30.9 Å². The van der Waals surface area contributed by atoms with E-state index < -0.39 is 18.1 Å². The van der Waals surface area contributed by atoms with E-state index in [1.807, 2.05) is 6.07 Å². The smallest absolute Gasteiger partial charge is 0.299 e. The van der Waals surface area contributed by atoms with Gasteiger partial charge in [-0.05, 0) is 23.8 Å². The normalized spacial score (nSPS) is 23.5. The Labute approximate surface area is 154 Å². The summed E-state index contributed by atoms with van der Waals surface area (Å²) >= 11 is 0. The van der Waals surface area contributed by atoms with Gasteiger partial charge >= 0.3 is 0 Å². The van der Waals surface area contributed by atoms with Crippen LogP contribution in [-0.4, -0.2) is 36.6 Å². The molecule has 0 radical (unpaired) electrons. The number of hydrogen-bond donors (Lipinski definition) is 1. The number of amidine groups is 1. The number of aliphatic imine (C=N–C) groups is 1. The third-order valence-corrected chi connectivity index (χ3v) is 4.82. The lowest BCUT2D eigenvalue weighted by atomic mass is 9.78. The van der Waals surface area contributed by atoms with Crippen LogP contribution in [0.2, 0.25) is 0 Å². The fourth-order valence-electron chi connectivity index (χ4n) is 3.52. The number of fused-ring (bicyclic) bond motifs is 2. The molecule has 138 valence electrons. The standard InChI is InChI=1S/C19H16F2N4O2/c20-19(21)11-26-10-17(23)25-18(19)3-4-27-16-2-1-13(6-15(16)18)14-5-12(7-22)8-24-9-14/h1-2,5-6,8-9H,3-4,10-11H2,(H2,23,25)/t18-/m1/s1. The van der Waals surface area contributed by atoms with Crippen LogP contribution in [0.4, 0.5) is 8.78 Å². The maximum Gasteiger partial charge on any atom is 0.299 e. The largest absolute Gasteiger partial charge is 0.493 e. The molecule has 2 N–H and O–H groups in total. The minimum atomic E-state index is -3.25. The zero-order chi connectivity index (χ0) is 19.1. The van der Waals surface area contributed by atoms with Crippen LogP contribution in [0.15, 0.2) is 41.7 Å². The van der Waals surface area contributed by atoms with Crippen molar-refractivity contribution in [3.05, 3.63) is 47.8 Å². The first-order chi connectivity index (χ1) is 12.9. The molecule has 1 aromatic heterocycles. The van der Waals surface area contributed by atoms with Crippen LogP contribution in [-0.2, 0) is 10.3 Å². The predicted octanol–water partition coefficient (Wildman–Crippen LogP) is 2.62. The van der Waals surface area contributed by atoms with Gasteiger partial charge in [-0.25, -0.2) is 8.78 Å². The summed E-state index contributed by atoms with van der Waals surface area (Å²) in [6.45, 7) is -0.808. The molecule has 0 amide bonds. The summed E-state index contributed by atoms with van der Waals surface area (Å²) in [6.07, 6.45) is 3.00. The summed E-state index contributed by atoms with van der Waals surface area (Å²) in [5.41, 5.74) is 5.88. The number of rotatable bonds is 1. The highest BCUT2D eigenvalue weighted by Gasteiger charge is 2.58. The van der Waals surface area contributed by atoms with Gasteiger partial charge in [-0.15, -0.1) is 0 Å². The van der Waals surface area contributed by atoms with E-state index in [2.05, 4.69) is 9.98 Å². The molecule has 0 saturated heterocycles. The average Bonchev–Trinajstić information content (AvgIpc) is 2.78. The first-order valence-electron chi connectivity index (χ1n) is 8.38. The molecule has 2 aliphatic rings. The molecule has 8 heteroatoms. The maximum atomic E-state index is 15.1. The highest BCUT2D eigenvalue weighted by atomic mass is 19.3. The number of nitriles is 1. The highest BCUT2D eigenvalue weighted by molar-refractivity contribution is 5.83. The molecule has 0 unspecified atom stereocenters. The molecule has 6 nitrogen and oxygen atoms in total. The summed E-state index contributed by atoms with van der Waals surface area (Å²) in [6, 6.07) is 8.67. The molecule has 0 bridgehead atoms. The number of halogens is 2. The van der Waals surface area contributed by atoms with E-state index in [1.165, 1.54) is 6.20 Å². The molecule has 1 spiro atoms. The van der Waals surface area contributed by atoms with Crippen molar-refractivity contribution in [3.8, 4) is 22.9 Å². The van der Waals surface area contributed by atoms with E-state index in [0.717, 1.165) is 0 Å². The van der Waals surface area contributed by atoms with Crippen molar-refractivity contribution in [2.24, 2.45) is 10.7 Å². The zero-order valence-corrected chi connectivity index (χ0v) is 14.3. The number of ether oxygens (including phenoxy) is 2. The fourth-order valence-corrected chi connectivity index (χ4v) is 3.52. The number of alkyl halides is 2. The van der Waals surface area contributed by atoms with Gasteiger partial charge in [0.2, 0.25) is 0 Å². The van der Waals surface area contributed by atoms with E-state index in [9.17, 15) is 0 Å². The van der Waals surface area contributed by atoms with E-state index in [-0.39, 0.29) is 31.0 Å². The molecule has 1 aromatic carbocycles. The Morgan fingerprint density at radius 2 is 2.04 bits per heavy atom. The summed E-state index contributed by atoms with van der Waals surface area (Å²) in [5, 5.41) is 9.07. The second-order valence-electron chi connectivity index (χ2n) is 6.54. The Bertz CT molecular complexity index is 970. The van der Waals surface area contributed by atoms with Crippen molar-refractivity contribution in [2.45, 2.75) is 17.9 Å². The lowest BCUT2D eigenvalue weighted by Gasteiger charge is -2.40. The van der Waals surface area contributed by atoms with Crippen molar-refractivity contribution in [3.63, 3.8) is 0 Å². The third-order valence-electron chi connectivity index (χ3n) is 4.82. The van der Waals surface area contributed by atoms with Crippen LogP contribution in [0.3, 0.4) is 0 Å². The molecule has 27 heavy (non-hydrogen) atoms. The Balaban J connectivity index is 1.91. The van der Waals surface area contributed by atoms with E-state index in [1.54, 1.807) is 30.5 Å². The summed E-state index contributed by atoms with van der Waals surface area (Å²) in [7, 11) is 0. The zero-order valence-electron chi connectivity index (χ0n) is 14.3.